The molecule has 0 saturated carbocycles. The molecule has 2 aliphatic rings. The number of carbonyl (C=O) groups excluding carboxylic acids is 1. The summed E-state index contributed by atoms with van der Waals surface area (Å²) in [7, 11) is 0. The molecule has 2 aliphatic heterocycles. The molecule has 7 nitrogen and oxygen atoms in total. The maximum absolute atomic E-state index is 12.5. The van der Waals surface area contributed by atoms with Crippen LogP contribution in [0.3, 0.4) is 0 Å². The highest BCUT2D eigenvalue weighted by Crippen LogP contribution is 2.28. The second-order valence-electron chi connectivity index (χ2n) is 7.36. The van der Waals surface area contributed by atoms with Crippen LogP contribution in [0.2, 0.25) is 0 Å². The summed E-state index contributed by atoms with van der Waals surface area (Å²) in [5, 5.41) is 7.07. The van der Waals surface area contributed by atoms with E-state index in [1.165, 1.54) is 11.3 Å². The van der Waals surface area contributed by atoms with E-state index in [9.17, 15) is 4.79 Å². The van der Waals surface area contributed by atoms with E-state index in [0.29, 0.717) is 6.54 Å². The smallest absolute Gasteiger partial charge is 0.317 e. The molecule has 3 heterocycles. The second kappa shape index (κ2) is 8.00. The highest BCUT2D eigenvalue weighted by molar-refractivity contribution is 5.74. The first-order valence-corrected chi connectivity index (χ1v) is 9.69. The average Bonchev–Trinajstić information content (AvgIpc) is 3.36. The largest absolute Gasteiger partial charge is 0.366 e. The summed E-state index contributed by atoms with van der Waals surface area (Å²) in [6.07, 6.45) is 2.68. The molecule has 1 saturated heterocycles. The van der Waals surface area contributed by atoms with Gasteiger partial charge in [0, 0.05) is 63.6 Å². The Hall–Kier alpha value is -2.54. The number of para-hydroxylation sites is 1. The molecule has 2 amide bonds. The third-order valence-corrected chi connectivity index (χ3v) is 5.54. The maximum Gasteiger partial charge on any atom is 0.317 e. The van der Waals surface area contributed by atoms with Gasteiger partial charge in [-0.3, -0.25) is 4.90 Å². The van der Waals surface area contributed by atoms with Crippen LogP contribution in [0, 0.1) is 0 Å². The van der Waals surface area contributed by atoms with Crippen molar-refractivity contribution >= 4 is 11.7 Å². The van der Waals surface area contributed by atoms with Crippen LogP contribution in [0.1, 0.15) is 18.2 Å². The molecular formula is C20H27N5O2. The van der Waals surface area contributed by atoms with E-state index in [1.807, 2.05) is 11.0 Å². The number of urea groups is 1. The topological polar surface area (TPSA) is 64.9 Å². The molecular weight excluding hydrogens is 342 g/mol. The van der Waals surface area contributed by atoms with E-state index in [1.54, 1.807) is 6.26 Å². The van der Waals surface area contributed by atoms with Crippen LogP contribution in [0.15, 0.2) is 41.1 Å². The number of piperazine rings is 1. The molecule has 0 bridgehead atoms. The van der Waals surface area contributed by atoms with Gasteiger partial charge < -0.3 is 19.6 Å². The first-order valence-electron chi connectivity index (χ1n) is 9.69. The standard InChI is InChI=1S/C20H27N5O2/c1-16(25-8-6-17-4-2-3-5-19(17)25)14-21-20(26)24-11-9-23(10-12-24)15-18-7-13-27-22-18/h2-5,7,13,16H,6,8-12,14-15H2,1H3,(H,21,26). The van der Waals surface area contributed by atoms with E-state index in [0.717, 1.165) is 51.4 Å². The zero-order valence-electron chi connectivity index (χ0n) is 15.8. The number of hydrogen-bond donors (Lipinski definition) is 1. The van der Waals surface area contributed by atoms with Gasteiger partial charge in [-0.25, -0.2) is 4.79 Å². The summed E-state index contributed by atoms with van der Waals surface area (Å²) >= 11 is 0. The fourth-order valence-corrected chi connectivity index (χ4v) is 3.94. The highest BCUT2D eigenvalue weighted by Gasteiger charge is 2.25. The van der Waals surface area contributed by atoms with E-state index in [2.05, 4.69) is 51.5 Å². The number of carbonyl (C=O) groups is 1. The molecule has 1 aromatic heterocycles. The number of aromatic nitrogens is 1. The van der Waals surface area contributed by atoms with Crippen molar-refractivity contribution in [3.63, 3.8) is 0 Å². The van der Waals surface area contributed by atoms with Crippen molar-refractivity contribution in [2.24, 2.45) is 0 Å². The average molecular weight is 369 g/mol. The van der Waals surface area contributed by atoms with Crippen LogP contribution < -0.4 is 10.2 Å². The summed E-state index contributed by atoms with van der Waals surface area (Å²) in [6, 6.07) is 10.8. The maximum atomic E-state index is 12.5. The Morgan fingerprint density at radius 3 is 2.78 bits per heavy atom. The van der Waals surface area contributed by atoms with Crippen molar-refractivity contribution in [2.75, 3.05) is 44.2 Å². The number of hydrogen-bond acceptors (Lipinski definition) is 5. The summed E-state index contributed by atoms with van der Waals surface area (Å²) in [5.74, 6) is 0. The van der Waals surface area contributed by atoms with Crippen molar-refractivity contribution in [1.29, 1.82) is 0 Å². The number of amides is 2. The van der Waals surface area contributed by atoms with Crippen LogP contribution >= 0.6 is 0 Å². The molecule has 0 aliphatic carbocycles. The number of rotatable bonds is 5. The number of benzene rings is 1. The van der Waals surface area contributed by atoms with Gasteiger partial charge in [-0.15, -0.1) is 0 Å². The molecule has 1 unspecified atom stereocenters. The number of nitrogens with one attached hydrogen (secondary N) is 1. The van der Waals surface area contributed by atoms with Gasteiger partial charge in [0.1, 0.15) is 6.26 Å². The first kappa shape index (κ1) is 17.9. The molecule has 0 spiro atoms. The predicted molar refractivity (Wildman–Crippen MR) is 104 cm³/mol. The number of anilines is 1. The van der Waals surface area contributed by atoms with Crippen molar-refractivity contribution in [3.05, 3.63) is 47.9 Å². The summed E-state index contributed by atoms with van der Waals surface area (Å²) < 4.78 is 4.88. The van der Waals surface area contributed by atoms with Crippen LogP contribution in [0.5, 0.6) is 0 Å². The molecule has 0 radical (unpaired) electrons. The Labute approximate surface area is 159 Å². The van der Waals surface area contributed by atoms with Crippen LogP contribution in [-0.2, 0) is 13.0 Å². The molecule has 7 heteroatoms. The third-order valence-electron chi connectivity index (χ3n) is 5.54. The lowest BCUT2D eigenvalue weighted by Crippen LogP contribution is -2.53. The normalized spacial score (nSPS) is 18.4. The number of nitrogens with zero attached hydrogens (tertiary/aromatic N) is 4. The van der Waals surface area contributed by atoms with Gasteiger partial charge in [-0.05, 0) is 25.0 Å². The lowest BCUT2D eigenvalue weighted by molar-refractivity contribution is 0.133. The summed E-state index contributed by atoms with van der Waals surface area (Å²) in [5.41, 5.74) is 3.65. The predicted octanol–water partition coefficient (Wildman–Crippen LogP) is 1.95. The van der Waals surface area contributed by atoms with Gasteiger partial charge in [0.15, 0.2) is 0 Å². The van der Waals surface area contributed by atoms with Gasteiger partial charge in [0.2, 0.25) is 0 Å². The Kier molecular flexibility index (Phi) is 5.29. The van der Waals surface area contributed by atoms with E-state index >= 15 is 0 Å². The number of fused-ring (bicyclic) bond motifs is 1. The van der Waals surface area contributed by atoms with Crippen molar-refractivity contribution in [1.82, 2.24) is 20.3 Å². The fourth-order valence-electron chi connectivity index (χ4n) is 3.94. The molecule has 1 aromatic carbocycles. The van der Waals surface area contributed by atoms with Crippen molar-refractivity contribution in [3.8, 4) is 0 Å². The quantitative estimate of drug-likeness (QED) is 0.873. The van der Waals surface area contributed by atoms with Gasteiger partial charge in [-0.2, -0.15) is 0 Å². The first-order chi connectivity index (χ1) is 13.2. The monoisotopic (exact) mass is 369 g/mol. The van der Waals surface area contributed by atoms with Crippen molar-refractivity contribution < 1.29 is 9.32 Å². The molecule has 1 fully saturated rings. The zero-order valence-corrected chi connectivity index (χ0v) is 15.8. The molecule has 4 rings (SSSR count). The van der Waals surface area contributed by atoms with Gasteiger partial charge in [0.05, 0.1) is 5.69 Å². The minimum atomic E-state index is 0.0374. The highest BCUT2D eigenvalue weighted by atomic mass is 16.5. The Morgan fingerprint density at radius 1 is 1.19 bits per heavy atom. The fraction of sp³-hybridized carbons (Fsp3) is 0.500. The second-order valence-corrected chi connectivity index (χ2v) is 7.36. The molecule has 2 aromatic rings. The van der Waals surface area contributed by atoms with E-state index in [-0.39, 0.29) is 12.1 Å². The SMILES string of the molecule is CC(CNC(=O)N1CCN(Cc2ccon2)CC1)N1CCc2ccccc21. The van der Waals surface area contributed by atoms with Crippen LogP contribution in [-0.4, -0.2) is 66.3 Å². The summed E-state index contributed by atoms with van der Waals surface area (Å²) in [6.45, 7) is 7.83. The Morgan fingerprint density at radius 2 is 2.00 bits per heavy atom. The van der Waals surface area contributed by atoms with Crippen molar-refractivity contribution in [2.45, 2.75) is 25.9 Å². The lowest BCUT2D eigenvalue weighted by Gasteiger charge is -2.35. The lowest BCUT2D eigenvalue weighted by atomic mass is 10.2. The van der Waals surface area contributed by atoms with E-state index < -0.39 is 0 Å². The minimum absolute atomic E-state index is 0.0374. The van der Waals surface area contributed by atoms with Gasteiger partial charge in [0.25, 0.3) is 0 Å². The van der Waals surface area contributed by atoms with Gasteiger partial charge >= 0.3 is 6.03 Å². The summed E-state index contributed by atoms with van der Waals surface area (Å²) in [4.78, 5) is 19.1. The van der Waals surface area contributed by atoms with Crippen LogP contribution in [0.25, 0.3) is 0 Å². The molecule has 144 valence electrons. The Balaban J connectivity index is 1.22. The van der Waals surface area contributed by atoms with E-state index in [4.69, 9.17) is 4.52 Å². The third kappa shape index (κ3) is 4.08. The van der Waals surface area contributed by atoms with Crippen LogP contribution in [0.4, 0.5) is 10.5 Å². The minimum Gasteiger partial charge on any atom is -0.366 e. The molecule has 1 N–H and O–H groups in total. The zero-order chi connectivity index (χ0) is 18.6. The molecule has 1 atom stereocenters. The molecule has 27 heavy (non-hydrogen) atoms. The van der Waals surface area contributed by atoms with Gasteiger partial charge in [-0.1, -0.05) is 23.4 Å². The Bertz CT molecular complexity index is 755.